The molecule has 1 atom stereocenters. The monoisotopic (exact) mass is 377 g/mol. The van der Waals surface area contributed by atoms with Crippen LogP contribution in [0.25, 0.3) is 22.6 Å². The Hall–Kier alpha value is -3.06. The zero-order chi connectivity index (χ0) is 19.7. The number of pyridine rings is 2. The molecule has 1 aliphatic heterocycles. The Morgan fingerprint density at radius 2 is 2.11 bits per heavy atom. The van der Waals surface area contributed by atoms with Gasteiger partial charge in [-0.05, 0) is 50.5 Å². The van der Waals surface area contributed by atoms with Gasteiger partial charge in [-0.1, -0.05) is 0 Å². The lowest BCUT2D eigenvalue weighted by Crippen LogP contribution is -2.42. The standard InChI is InChI=1S/C21H23N5O2/c1-13-14(2)25-20(24-13)19-9-15(5-6-23-19)16-8-17(11-22-10-16)21(28)26-7-3-4-18(27)12-26/h5-6,8-11,18,27H,3-4,7,12H2,1-2H3,(H,24,25). The van der Waals surface area contributed by atoms with E-state index in [0.717, 1.165) is 46.9 Å². The Morgan fingerprint density at radius 3 is 2.86 bits per heavy atom. The van der Waals surface area contributed by atoms with Crippen molar-refractivity contribution in [1.82, 2.24) is 24.8 Å². The van der Waals surface area contributed by atoms with Crippen LogP contribution in [-0.4, -0.2) is 55.0 Å². The Kier molecular flexibility index (Phi) is 4.92. The topological polar surface area (TPSA) is 95.0 Å². The molecule has 0 bridgehead atoms. The first-order valence-corrected chi connectivity index (χ1v) is 9.43. The van der Waals surface area contributed by atoms with Crippen LogP contribution in [0.4, 0.5) is 0 Å². The number of amides is 1. The van der Waals surface area contributed by atoms with Crippen molar-refractivity contribution in [3.63, 3.8) is 0 Å². The van der Waals surface area contributed by atoms with E-state index >= 15 is 0 Å². The lowest BCUT2D eigenvalue weighted by Gasteiger charge is -2.30. The summed E-state index contributed by atoms with van der Waals surface area (Å²) in [6, 6.07) is 5.67. The van der Waals surface area contributed by atoms with Gasteiger partial charge in [0.2, 0.25) is 0 Å². The minimum absolute atomic E-state index is 0.0975. The maximum absolute atomic E-state index is 12.8. The van der Waals surface area contributed by atoms with Crippen molar-refractivity contribution in [2.45, 2.75) is 32.8 Å². The molecule has 4 rings (SSSR count). The third-order valence-corrected chi connectivity index (χ3v) is 5.13. The number of β-amino-alcohol motifs (C(OH)–C–C–N with tert-alkyl or cyclic N) is 1. The molecule has 7 heteroatoms. The number of aliphatic hydroxyl groups is 1. The number of aryl methyl sites for hydroxylation is 2. The lowest BCUT2D eigenvalue weighted by atomic mass is 10.0. The van der Waals surface area contributed by atoms with E-state index < -0.39 is 6.10 Å². The van der Waals surface area contributed by atoms with E-state index in [4.69, 9.17) is 0 Å². The molecule has 1 unspecified atom stereocenters. The maximum Gasteiger partial charge on any atom is 0.255 e. The van der Waals surface area contributed by atoms with Gasteiger partial charge in [0.1, 0.15) is 5.69 Å². The summed E-state index contributed by atoms with van der Waals surface area (Å²) in [7, 11) is 0. The van der Waals surface area contributed by atoms with Crippen molar-refractivity contribution in [3.05, 3.63) is 53.7 Å². The van der Waals surface area contributed by atoms with Crippen molar-refractivity contribution in [2.24, 2.45) is 0 Å². The Bertz CT molecular complexity index is 994. The summed E-state index contributed by atoms with van der Waals surface area (Å²) in [6.07, 6.45) is 6.15. The molecule has 4 heterocycles. The van der Waals surface area contributed by atoms with Crippen LogP contribution in [-0.2, 0) is 0 Å². The number of nitrogens with zero attached hydrogens (tertiary/aromatic N) is 4. The highest BCUT2D eigenvalue weighted by molar-refractivity contribution is 5.95. The molecule has 1 amide bonds. The van der Waals surface area contributed by atoms with Crippen LogP contribution in [0.2, 0.25) is 0 Å². The number of hydrogen-bond acceptors (Lipinski definition) is 5. The summed E-state index contributed by atoms with van der Waals surface area (Å²) in [5.74, 6) is 0.624. The smallest absolute Gasteiger partial charge is 0.255 e. The minimum Gasteiger partial charge on any atom is -0.391 e. The van der Waals surface area contributed by atoms with Crippen molar-refractivity contribution < 1.29 is 9.90 Å². The molecule has 144 valence electrons. The van der Waals surface area contributed by atoms with Crippen LogP contribution < -0.4 is 0 Å². The van der Waals surface area contributed by atoms with Gasteiger partial charge in [0.05, 0.1) is 17.4 Å². The number of piperidine rings is 1. The van der Waals surface area contributed by atoms with Crippen molar-refractivity contribution in [3.8, 4) is 22.6 Å². The van der Waals surface area contributed by atoms with E-state index in [1.165, 1.54) is 0 Å². The molecular weight excluding hydrogens is 354 g/mol. The lowest BCUT2D eigenvalue weighted by molar-refractivity contribution is 0.0473. The highest BCUT2D eigenvalue weighted by Crippen LogP contribution is 2.24. The summed E-state index contributed by atoms with van der Waals surface area (Å²) in [5, 5.41) is 9.84. The molecule has 1 saturated heterocycles. The molecule has 28 heavy (non-hydrogen) atoms. The molecule has 0 aliphatic carbocycles. The van der Waals surface area contributed by atoms with Gasteiger partial charge in [-0.3, -0.25) is 14.8 Å². The van der Waals surface area contributed by atoms with Gasteiger partial charge >= 0.3 is 0 Å². The van der Waals surface area contributed by atoms with Crippen LogP contribution in [0.1, 0.15) is 34.6 Å². The summed E-state index contributed by atoms with van der Waals surface area (Å²) >= 11 is 0. The number of aliphatic hydroxyl groups excluding tert-OH is 1. The molecule has 1 fully saturated rings. The van der Waals surface area contributed by atoms with Gasteiger partial charge in [-0.15, -0.1) is 0 Å². The SMILES string of the molecule is Cc1nc(-c2cc(-c3cncc(C(=O)N4CCCC(O)C4)c3)ccn2)[nH]c1C. The van der Waals surface area contributed by atoms with E-state index in [0.29, 0.717) is 18.7 Å². The molecular formula is C21H23N5O2. The molecule has 3 aromatic rings. The number of aromatic amines is 1. The Labute approximate surface area is 163 Å². The zero-order valence-electron chi connectivity index (χ0n) is 16.0. The van der Waals surface area contributed by atoms with Crippen LogP contribution in [0, 0.1) is 13.8 Å². The number of H-pyrrole nitrogens is 1. The highest BCUT2D eigenvalue weighted by atomic mass is 16.3. The number of aromatic nitrogens is 4. The van der Waals surface area contributed by atoms with Gasteiger partial charge < -0.3 is 15.0 Å². The molecule has 3 aromatic heterocycles. The number of imidazole rings is 1. The summed E-state index contributed by atoms with van der Waals surface area (Å²) in [4.78, 5) is 30.9. The number of carbonyl (C=O) groups is 1. The summed E-state index contributed by atoms with van der Waals surface area (Å²) in [5.41, 5.74) is 4.98. The second kappa shape index (κ2) is 7.52. The largest absolute Gasteiger partial charge is 0.391 e. The third-order valence-electron chi connectivity index (χ3n) is 5.13. The molecule has 1 aliphatic rings. The molecule has 0 spiro atoms. The number of rotatable bonds is 3. The molecule has 0 saturated carbocycles. The van der Waals surface area contributed by atoms with Crippen LogP contribution in [0.15, 0.2) is 36.8 Å². The maximum atomic E-state index is 12.8. The normalized spacial score (nSPS) is 17.0. The fraction of sp³-hybridized carbons (Fsp3) is 0.333. The van der Waals surface area contributed by atoms with E-state index in [2.05, 4.69) is 19.9 Å². The van der Waals surface area contributed by atoms with E-state index in [9.17, 15) is 9.90 Å². The van der Waals surface area contributed by atoms with E-state index in [1.54, 1.807) is 23.5 Å². The predicted molar refractivity (Wildman–Crippen MR) is 106 cm³/mol. The predicted octanol–water partition coefficient (Wildman–Crippen LogP) is 2.75. The zero-order valence-corrected chi connectivity index (χ0v) is 16.0. The van der Waals surface area contributed by atoms with Gasteiger partial charge in [0.25, 0.3) is 5.91 Å². The minimum atomic E-state index is -0.447. The van der Waals surface area contributed by atoms with Crippen LogP contribution in [0.5, 0.6) is 0 Å². The quantitative estimate of drug-likeness (QED) is 0.732. The number of hydrogen-bond donors (Lipinski definition) is 2. The summed E-state index contributed by atoms with van der Waals surface area (Å²) < 4.78 is 0. The Morgan fingerprint density at radius 1 is 1.25 bits per heavy atom. The first kappa shape index (κ1) is 18.3. The fourth-order valence-corrected chi connectivity index (χ4v) is 3.45. The summed E-state index contributed by atoms with van der Waals surface area (Å²) in [6.45, 7) is 4.97. The van der Waals surface area contributed by atoms with Crippen molar-refractivity contribution >= 4 is 5.91 Å². The van der Waals surface area contributed by atoms with Crippen molar-refractivity contribution in [2.75, 3.05) is 13.1 Å². The van der Waals surface area contributed by atoms with Crippen molar-refractivity contribution in [1.29, 1.82) is 0 Å². The van der Waals surface area contributed by atoms with Gasteiger partial charge in [0, 0.05) is 42.9 Å². The molecule has 7 nitrogen and oxygen atoms in total. The van der Waals surface area contributed by atoms with Crippen LogP contribution >= 0.6 is 0 Å². The van der Waals surface area contributed by atoms with E-state index in [1.807, 2.05) is 32.0 Å². The first-order valence-electron chi connectivity index (χ1n) is 9.43. The average Bonchev–Trinajstić information content (AvgIpc) is 3.06. The number of likely N-dealkylation sites (tertiary alicyclic amines) is 1. The fourth-order valence-electron chi connectivity index (χ4n) is 3.45. The van der Waals surface area contributed by atoms with Gasteiger partial charge in [-0.2, -0.15) is 0 Å². The molecule has 0 radical (unpaired) electrons. The second-order valence-corrected chi connectivity index (χ2v) is 7.24. The van der Waals surface area contributed by atoms with Gasteiger partial charge in [0.15, 0.2) is 5.82 Å². The first-order chi connectivity index (χ1) is 13.5. The number of nitrogens with one attached hydrogen (secondary N) is 1. The second-order valence-electron chi connectivity index (χ2n) is 7.24. The third kappa shape index (κ3) is 3.66. The Balaban J connectivity index is 1.62. The highest BCUT2D eigenvalue weighted by Gasteiger charge is 2.23. The van der Waals surface area contributed by atoms with Crippen LogP contribution in [0.3, 0.4) is 0 Å². The number of carbonyl (C=O) groups excluding carboxylic acids is 1. The average molecular weight is 377 g/mol. The molecule has 2 N–H and O–H groups in total. The van der Waals surface area contributed by atoms with Gasteiger partial charge in [-0.25, -0.2) is 4.98 Å². The molecule has 0 aromatic carbocycles. The van der Waals surface area contributed by atoms with E-state index in [-0.39, 0.29) is 5.91 Å².